The maximum Gasteiger partial charge on any atom is 0.173 e. The van der Waals surface area contributed by atoms with Crippen LogP contribution in [0.3, 0.4) is 0 Å². The molecule has 3 aromatic rings. The molecule has 0 aromatic heterocycles. The van der Waals surface area contributed by atoms with E-state index in [2.05, 4.69) is 40.0 Å². The maximum atomic E-state index is 13.1. The van der Waals surface area contributed by atoms with Gasteiger partial charge in [0.05, 0.1) is 12.5 Å². The summed E-state index contributed by atoms with van der Waals surface area (Å²) in [5, 5.41) is 3.30. The summed E-state index contributed by atoms with van der Waals surface area (Å²) in [5.41, 5.74) is 5.00. The second kappa shape index (κ2) is 7.46. The molecule has 1 atom stereocenters. The molecule has 0 bridgehead atoms. The van der Waals surface area contributed by atoms with Gasteiger partial charge < -0.3 is 5.32 Å². The number of anilines is 1. The van der Waals surface area contributed by atoms with Crippen molar-refractivity contribution in [2.24, 2.45) is 5.92 Å². The van der Waals surface area contributed by atoms with Crippen molar-refractivity contribution in [2.45, 2.75) is 0 Å². The molecule has 1 aliphatic rings. The number of rotatable bonds is 4. The molecule has 26 heavy (non-hydrogen) atoms. The molecule has 127 valence electrons. The third kappa shape index (κ3) is 3.19. The van der Waals surface area contributed by atoms with Crippen molar-refractivity contribution in [3.63, 3.8) is 0 Å². The monoisotopic (exact) mass is 450 g/mol. The Bertz CT molecular complexity index is 964. The van der Waals surface area contributed by atoms with E-state index in [1.807, 2.05) is 79.3 Å². The molecule has 3 aromatic carbocycles. The lowest BCUT2D eigenvalue weighted by molar-refractivity contribution is 0.0971. The van der Waals surface area contributed by atoms with E-state index in [1.54, 1.807) is 0 Å². The zero-order chi connectivity index (χ0) is 17.9. The van der Waals surface area contributed by atoms with Crippen LogP contribution in [0.25, 0.3) is 9.15 Å². The fourth-order valence-electron chi connectivity index (χ4n) is 3.27. The number of hydrogen-bond acceptors (Lipinski definition) is 2. The zero-order valence-corrected chi connectivity index (χ0v) is 16.2. The summed E-state index contributed by atoms with van der Waals surface area (Å²) in [5.74, 6) is -0.163. The van der Waals surface area contributed by atoms with E-state index in [0.717, 1.165) is 31.5 Å². The number of carbonyl (C=O) groups is 1. The largest absolute Gasteiger partial charge is 0.379 e. The van der Waals surface area contributed by atoms with Gasteiger partial charge in [0, 0.05) is 14.8 Å². The number of halogens is 1. The van der Waals surface area contributed by atoms with Crippen LogP contribution in [0.15, 0.2) is 84.9 Å². The van der Waals surface area contributed by atoms with E-state index in [4.69, 9.17) is 0 Å². The molecule has 0 saturated carbocycles. The van der Waals surface area contributed by atoms with E-state index >= 15 is 0 Å². The SMILES string of the molecule is O=C1c2ccccc2/C(=C(/I)c2ccccc2)C1[CH]Nc1ccccc1. The van der Waals surface area contributed by atoms with Crippen LogP contribution in [-0.2, 0) is 0 Å². The first-order chi connectivity index (χ1) is 12.8. The number of nitrogens with one attached hydrogen (secondary N) is 1. The molecule has 4 rings (SSSR count). The van der Waals surface area contributed by atoms with Gasteiger partial charge in [-0.1, -0.05) is 72.8 Å². The lowest BCUT2D eigenvalue weighted by Gasteiger charge is -2.15. The molecular formula is C23H17INO. The Morgan fingerprint density at radius 1 is 0.808 bits per heavy atom. The van der Waals surface area contributed by atoms with Crippen molar-refractivity contribution >= 4 is 43.2 Å². The highest BCUT2D eigenvalue weighted by Crippen LogP contribution is 2.45. The molecule has 0 saturated heterocycles. The second-order valence-electron chi connectivity index (χ2n) is 6.16. The van der Waals surface area contributed by atoms with Crippen molar-refractivity contribution in [3.8, 4) is 0 Å². The van der Waals surface area contributed by atoms with Crippen molar-refractivity contribution in [3.05, 3.63) is 108 Å². The van der Waals surface area contributed by atoms with Crippen LogP contribution in [0, 0.1) is 12.5 Å². The lowest BCUT2D eigenvalue weighted by Crippen LogP contribution is -2.14. The molecule has 1 aliphatic carbocycles. The Kier molecular flexibility index (Phi) is 4.89. The maximum absolute atomic E-state index is 13.1. The Balaban J connectivity index is 1.75. The van der Waals surface area contributed by atoms with Gasteiger partial charge in [-0.3, -0.25) is 4.79 Å². The van der Waals surface area contributed by atoms with E-state index in [1.165, 1.54) is 0 Å². The molecule has 0 spiro atoms. The minimum absolute atomic E-state index is 0.143. The van der Waals surface area contributed by atoms with E-state index in [0.29, 0.717) is 0 Å². The molecule has 0 heterocycles. The van der Waals surface area contributed by atoms with Crippen molar-refractivity contribution < 1.29 is 4.79 Å². The van der Waals surface area contributed by atoms with Crippen molar-refractivity contribution in [1.29, 1.82) is 0 Å². The van der Waals surface area contributed by atoms with Gasteiger partial charge in [-0.05, 0) is 51.4 Å². The minimum Gasteiger partial charge on any atom is -0.379 e. The molecule has 1 radical (unpaired) electrons. The Morgan fingerprint density at radius 3 is 2.08 bits per heavy atom. The second-order valence-corrected chi connectivity index (χ2v) is 7.24. The van der Waals surface area contributed by atoms with Crippen LogP contribution in [0.5, 0.6) is 0 Å². The molecule has 1 unspecified atom stereocenters. The highest BCUT2D eigenvalue weighted by atomic mass is 127. The molecule has 3 heteroatoms. The highest BCUT2D eigenvalue weighted by molar-refractivity contribution is 14.1. The predicted octanol–water partition coefficient (Wildman–Crippen LogP) is 6.08. The van der Waals surface area contributed by atoms with Gasteiger partial charge in [0.2, 0.25) is 0 Å². The van der Waals surface area contributed by atoms with Crippen LogP contribution in [0.2, 0.25) is 0 Å². The van der Waals surface area contributed by atoms with Crippen molar-refractivity contribution in [1.82, 2.24) is 0 Å². The zero-order valence-electron chi connectivity index (χ0n) is 14.0. The topological polar surface area (TPSA) is 29.1 Å². The van der Waals surface area contributed by atoms with Gasteiger partial charge in [-0.25, -0.2) is 0 Å². The Hall–Kier alpha value is -2.40. The fraction of sp³-hybridized carbons (Fsp3) is 0.0435. The summed E-state index contributed by atoms with van der Waals surface area (Å²) >= 11 is 2.37. The van der Waals surface area contributed by atoms with Crippen molar-refractivity contribution in [2.75, 3.05) is 5.32 Å². The summed E-state index contributed by atoms with van der Waals surface area (Å²) in [6.45, 7) is 1.91. The quantitative estimate of drug-likeness (QED) is 0.489. The third-order valence-electron chi connectivity index (χ3n) is 4.53. The lowest BCUT2D eigenvalue weighted by atomic mass is 9.96. The minimum atomic E-state index is -0.306. The molecule has 1 N–H and O–H groups in total. The van der Waals surface area contributed by atoms with Gasteiger partial charge in [0.1, 0.15) is 0 Å². The first kappa shape index (κ1) is 17.0. The van der Waals surface area contributed by atoms with E-state index < -0.39 is 0 Å². The Morgan fingerprint density at radius 2 is 1.38 bits per heavy atom. The fourth-order valence-corrected chi connectivity index (χ4v) is 4.25. The smallest absolute Gasteiger partial charge is 0.173 e. The number of fused-ring (bicyclic) bond motifs is 1. The predicted molar refractivity (Wildman–Crippen MR) is 116 cm³/mol. The number of benzene rings is 3. The third-order valence-corrected chi connectivity index (χ3v) is 5.73. The average Bonchev–Trinajstić information content (AvgIpc) is 2.99. The normalized spacial score (nSPS) is 17.7. The van der Waals surface area contributed by atoms with Gasteiger partial charge in [0.25, 0.3) is 0 Å². The standard InChI is InChI=1S/C23H17INO/c24-22(16-9-3-1-4-10-16)21-18-13-7-8-14-19(18)23(26)20(21)15-25-17-11-5-2-6-12-17/h1-15,20,25H/b22-21-. The molecule has 0 fully saturated rings. The summed E-state index contributed by atoms with van der Waals surface area (Å²) in [4.78, 5) is 13.1. The molecule has 2 nitrogen and oxygen atoms in total. The summed E-state index contributed by atoms with van der Waals surface area (Å²) < 4.78 is 1.11. The number of carbonyl (C=O) groups excluding carboxylic acids is 1. The highest BCUT2D eigenvalue weighted by Gasteiger charge is 2.36. The summed E-state index contributed by atoms with van der Waals surface area (Å²) in [6.07, 6.45) is 0. The molecule has 0 amide bonds. The summed E-state index contributed by atoms with van der Waals surface area (Å²) in [6, 6.07) is 28.0. The van der Waals surface area contributed by atoms with Gasteiger partial charge in [-0.2, -0.15) is 0 Å². The van der Waals surface area contributed by atoms with Crippen LogP contribution in [0.4, 0.5) is 5.69 Å². The summed E-state index contributed by atoms with van der Waals surface area (Å²) in [7, 11) is 0. The number of Topliss-reactive ketones (excluding diaryl/α,β-unsaturated/α-hetero) is 1. The number of ketones is 1. The van der Waals surface area contributed by atoms with Gasteiger partial charge >= 0.3 is 0 Å². The van der Waals surface area contributed by atoms with Gasteiger partial charge in [0.15, 0.2) is 5.78 Å². The van der Waals surface area contributed by atoms with Crippen LogP contribution < -0.4 is 5.32 Å². The van der Waals surface area contributed by atoms with Crippen LogP contribution in [-0.4, -0.2) is 5.78 Å². The molecule has 0 aliphatic heterocycles. The Labute approximate surface area is 167 Å². The van der Waals surface area contributed by atoms with Crippen LogP contribution in [0.1, 0.15) is 21.5 Å². The van der Waals surface area contributed by atoms with Gasteiger partial charge in [-0.15, -0.1) is 0 Å². The van der Waals surface area contributed by atoms with Crippen LogP contribution >= 0.6 is 22.6 Å². The first-order valence-corrected chi connectivity index (χ1v) is 9.57. The van der Waals surface area contributed by atoms with E-state index in [-0.39, 0.29) is 11.7 Å². The molecular weight excluding hydrogens is 433 g/mol. The average molecular weight is 450 g/mol. The van der Waals surface area contributed by atoms with E-state index in [9.17, 15) is 4.79 Å². The number of para-hydroxylation sites is 1. The first-order valence-electron chi connectivity index (χ1n) is 8.49. The number of hydrogen-bond donors (Lipinski definition) is 1.